The predicted molar refractivity (Wildman–Crippen MR) is 94.7 cm³/mol. The van der Waals surface area contributed by atoms with E-state index in [1.165, 1.54) is 29.6 Å². The molecule has 0 saturated heterocycles. The number of benzene rings is 2. The number of anilines is 1. The summed E-state index contributed by atoms with van der Waals surface area (Å²) in [7, 11) is 1.53. The van der Waals surface area contributed by atoms with Crippen LogP contribution in [0.5, 0.6) is 0 Å². The normalized spacial score (nSPS) is 13.8. The molecule has 0 unspecified atom stereocenters. The van der Waals surface area contributed by atoms with Gasteiger partial charge >= 0.3 is 0 Å². The summed E-state index contributed by atoms with van der Waals surface area (Å²) in [4.78, 5) is 26.1. The topological polar surface area (TPSA) is 75.5 Å². The second-order valence-corrected chi connectivity index (χ2v) is 6.55. The van der Waals surface area contributed by atoms with Gasteiger partial charge in [0.25, 0.3) is 11.6 Å². The Morgan fingerprint density at radius 1 is 1.29 bits per heavy atom. The predicted octanol–water partition coefficient (Wildman–Crippen LogP) is 3.07. The van der Waals surface area contributed by atoms with Crippen molar-refractivity contribution in [2.24, 2.45) is 0 Å². The van der Waals surface area contributed by atoms with Gasteiger partial charge < -0.3 is 10.2 Å². The molecule has 2 aromatic carbocycles. The zero-order valence-corrected chi connectivity index (χ0v) is 14.0. The Hall–Kier alpha value is -2.54. The summed E-state index contributed by atoms with van der Waals surface area (Å²) in [5, 5.41) is 13.6. The number of hydrogen-bond donors (Lipinski definition) is 1. The van der Waals surface area contributed by atoms with Crippen LogP contribution in [0.2, 0.25) is 0 Å². The summed E-state index contributed by atoms with van der Waals surface area (Å²) < 4.78 is 0. The maximum absolute atomic E-state index is 12.2. The molecule has 1 N–H and O–H groups in total. The minimum atomic E-state index is -0.482. The van der Waals surface area contributed by atoms with Crippen molar-refractivity contribution in [3.63, 3.8) is 0 Å². The van der Waals surface area contributed by atoms with Crippen molar-refractivity contribution in [2.75, 3.05) is 24.2 Å². The highest BCUT2D eigenvalue weighted by Gasteiger charge is 2.22. The number of nitro benzene ring substituents is 1. The summed E-state index contributed by atoms with van der Waals surface area (Å²) in [5.74, 6) is 0.570. The van der Waals surface area contributed by atoms with Crippen molar-refractivity contribution in [1.82, 2.24) is 5.32 Å². The molecule has 0 aromatic heterocycles. The van der Waals surface area contributed by atoms with Crippen LogP contribution in [0.1, 0.15) is 15.9 Å². The van der Waals surface area contributed by atoms with Gasteiger partial charge in [0.2, 0.25) is 0 Å². The third-order valence-electron chi connectivity index (χ3n) is 3.96. The Labute approximate surface area is 144 Å². The highest BCUT2D eigenvalue weighted by molar-refractivity contribution is 7.99. The van der Waals surface area contributed by atoms with Gasteiger partial charge in [-0.25, -0.2) is 0 Å². The molecule has 1 heterocycles. The molecule has 24 heavy (non-hydrogen) atoms. The van der Waals surface area contributed by atoms with Gasteiger partial charge in [-0.2, -0.15) is 0 Å². The Kier molecular flexibility index (Phi) is 4.71. The number of carbonyl (C=O) groups is 1. The lowest BCUT2D eigenvalue weighted by Crippen LogP contribution is -2.28. The van der Waals surface area contributed by atoms with Crippen LogP contribution in [0.4, 0.5) is 11.4 Å². The average molecular weight is 343 g/mol. The average Bonchev–Trinajstić information content (AvgIpc) is 2.82. The number of nitro groups is 1. The first-order valence-electron chi connectivity index (χ1n) is 7.56. The monoisotopic (exact) mass is 343 g/mol. The van der Waals surface area contributed by atoms with Crippen molar-refractivity contribution in [1.29, 1.82) is 0 Å². The Balaban J connectivity index is 2.02. The quantitative estimate of drug-likeness (QED) is 0.685. The van der Waals surface area contributed by atoms with Gasteiger partial charge in [0.05, 0.1) is 16.2 Å². The maximum atomic E-state index is 12.2. The zero-order chi connectivity index (χ0) is 17.1. The number of nitrogens with one attached hydrogen (secondary N) is 1. The lowest BCUT2D eigenvalue weighted by molar-refractivity contribution is -0.384. The van der Waals surface area contributed by atoms with E-state index in [-0.39, 0.29) is 11.6 Å². The molecule has 3 rings (SSSR count). The van der Waals surface area contributed by atoms with Crippen LogP contribution < -0.4 is 10.2 Å². The summed E-state index contributed by atoms with van der Waals surface area (Å²) in [6.07, 6.45) is 0. The van der Waals surface area contributed by atoms with Crippen LogP contribution >= 0.6 is 11.8 Å². The Morgan fingerprint density at radius 2 is 2.08 bits per heavy atom. The van der Waals surface area contributed by atoms with Gasteiger partial charge in [0.1, 0.15) is 0 Å². The van der Waals surface area contributed by atoms with E-state index in [9.17, 15) is 14.9 Å². The van der Waals surface area contributed by atoms with Gasteiger partial charge in [-0.15, -0.1) is 11.8 Å². The van der Waals surface area contributed by atoms with Crippen molar-refractivity contribution in [3.05, 3.63) is 63.7 Å². The second-order valence-electron chi connectivity index (χ2n) is 5.42. The number of nitrogens with zero attached hydrogens (tertiary/aromatic N) is 2. The van der Waals surface area contributed by atoms with E-state index in [2.05, 4.69) is 22.3 Å². The SMILES string of the molecule is CNC(=O)c1cc([N+](=O)[O-])ccc1N1CCSc2ccccc2C1. The van der Waals surface area contributed by atoms with Gasteiger partial charge in [-0.05, 0) is 17.7 Å². The first-order chi connectivity index (χ1) is 11.6. The first kappa shape index (κ1) is 16.3. The molecule has 0 radical (unpaired) electrons. The van der Waals surface area contributed by atoms with E-state index in [4.69, 9.17) is 0 Å². The van der Waals surface area contributed by atoms with Crippen molar-refractivity contribution in [3.8, 4) is 0 Å². The molecule has 6 nitrogen and oxygen atoms in total. The fraction of sp³-hybridized carbons (Fsp3) is 0.235. The first-order valence-corrected chi connectivity index (χ1v) is 8.55. The highest BCUT2D eigenvalue weighted by atomic mass is 32.2. The summed E-state index contributed by atoms with van der Waals surface area (Å²) in [6, 6.07) is 12.7. The van der Waals surface area contributed by atoms with E-state index >= 15 is 0 Å². The fourth-order valence-electron chi connectivity index (χ4n) is 2.76. The summed E-state index contributed by atoms with van der Waals surface area (Å²) in [6.45, 7) is 1.44. The molecule has 0 bridgehead atoms. The zero-order valence-electron chi connectivity index (χ0n) is 13.2. The molecule has 0 spiro atoms. The van der Waals surface area contributed by atoms with Gasteiger partial charge in [0.15, 0.2) is 0 Å². The third kappa shape index (κ3) is 3.21. The van der Waals surface area contributed by atoms with Crippen molar-refractivity contribution < 1.29 is 9.72 Å². The van der Waals surface area contributed by atoms with Crippen LogP contribution in [0.15, 0.2) is 47.4 Å². The molecule has 1 aliphatic rings. The van der Waals surface area contributed by atoms with E-state index in [0.717, 1.165) is 18.0 Å². The number of carbonyl (C=O) groups excluding carboxylic acids is 1. The highest BCUT2D eigenvalue weighted by Crippen LogP contribution is 2.32. The van der Waals surface area contributed by atoms with E-state index in [1.54, 1.807) is 17.8 Å². The number of non-ortho nitro benzene ring substituents is 1. The molecule has 0 atom stereocenters. The molecule has 2 aromatic rings. The lowest BCUT2D eigenvalue weighted by atomic mass is 10.1. The minimum Gasteiger partial charge on any atom is -0.366 e. The number of amides is 1. The van der Waals surface area contributed by atoms with Crippen LogP contribution in [0, 0.1) is 10.1 Å². The largest absolute Gasteiger partial charge is 0.366 e. The molecule has 0 aliphatic carbocycles. The molecular formula is C17H17N3O3S. The van der Waals surface area contributed by atoms with Crippen LogP contribution in [0.3, 0.4) is 0 Å². The standard InChI is InChI=1S/C17H17N3O3S/c1-18-17(21)14-10-13(20(22)23)6-7-15(14)19-8-9-24-16-5-3-2-4-12(16)11-19/h2-7,10H,8-9,11H2,1H3,(H,18,21). The van der Waals surface area contributed by atoms with Gasteiger partial charge in [0, 0.05) is 42.9 Å². The molecule has 0 fully saturated rings. The minimum absolute atomic E-state index is 0.0815. The van der Waals surface area contributed by atoms with Crippen LogP contribution in [-0.4, -0.2) is 30.2 Å². The third-order valence-corrected chi connectivity index (χ3v) is 5.05. The van der Waals surface area contributed by atoms with Gasteiger partial charge in [-0.3, -0.25) is 14.9 Å². The Morgan fingerprint density at radius 3 is 2.83 bits per heavy atom. The van der Waals surface area contributed by atoms with Gasteiger partial charge in [-0.1, -0.05) is 18.2 Å². The van der Waals surface area contributed by atoms with Crippen LogP contribution in [-0.2, 0) is 6.54 Å². The molecule has 124 valence electrons. The lowest BCUT2D eigenvalue weighted by Gasteiger charge is -2.25. The van der Waals surface area contributed by atoms with Crippen molar-refractivity contribution >= 4 is 29.0 Å². The van der Waals surface area contributed by atoms with E-state index in [1.807, 2.05) is 12.1 Å². The molecule has 1 aliphatic heterocycles. The molecule has 1 amide bonds. The number of hydrogen-bond acceptors (Lipinski definition) is 5. The van der Waals surface area contributed by atoms with E-state index in [0.29, 0.717) is 12.1 Å². The van der Waals surface area contributed by atoms with E-state index < -0.39 is 4.92 Å². The fourth-order valence-corrected chi connectivity index (χ4v) is 3.79. The molecule has 7 heteroatoms. The van der Waals surface area contributed by atoms with Crippen LogP contribution in [0.25, 0.3) is 0 Å². The number of rotatable bonds is 3. The molecular weight excluding hydrogens is 326 g/mol. The van der Waals surface area contributed by atoms with Crippen molar-refractivity contribution in [2.45, 2.75) is 11.4 Å². The molecule has 0 saturated carbocycles. The number of thioether (sulfide) groups is 1. The second kappa shape index (κ2) is 6.92. The smallest absolute Gasteiger partial charge is 0.270 e. The number of fused-ring (bicyclic) bond motifs is 1. The summed E-state index contributed by atoms with van der Waals surface area (Å²) >= 11 is 1.79. The maximum Gasteiger partial charge on any atom is 0.270 e. The summed E-state index contributed by atoms with van der Waals surface area (Å²) in [5.41, 5.74) is 2.16. The Bertz CT molecular complexity index is 794.